The Kier molecular flexibility index (Phi) is 5.16. The van der Waals surface area contributed by atoms with E-state index >= 15 is 0 Å². The first-order chi connectivity index (χ1) is 9.66. The monoisotopic (exact) mass is 274 g/mol. The Hall–Kier alpha value is -1.84. The van der Waals surface area contributed by atoms with Crippen molar-refractivity contribution in [3.8, 4) is 0 Å². The second kappa shape index (κ2) is 7.08. The molecule has 4 nitrogen and oxygen atoms in total. The summed E-state index contributed by atoms with van der Waals surface area (Å²) in [6.07, 6.45) is 4.95. The fraction of sp³-hybridized carbons (Fsp3) is 0.500. The molecule has 0 spiro atoms. The molecular formula is C16H20NO3-. The van der Waals surface area contributed by atoms with Gasteiger partial charge < -0.3 is 15.2 Å². The number of carbonyl (C=O) groups excluding carboxylic acids is 2. The summed E-state index contributed by atoms with van der Waals surface area (Å²) < 4.78 is 0. The largest absolute Gasteiger partial charge is 0.550 e. The van der Waals surface area contributed by atoms with Crippen LogP contribution in [0.15, 0.2) is 30.3 Å². The molecule has 1 aliphatic carbocycles. The maximum absolute atomic E-state index is 12.2. The molecular weight excluding hydrogens is 254 g/mol. The number of nitrogens with one attached hydrogen (secondary N) is 1. The van der Waals surface area contributed by atoms with Crippen molar-refractivity contribution >= 4 is 11.9 Å². The predicted octanol–water partition coefficient (Wildman–Crippen LogP) is 1.56. The lowest BCUT2D eigenvalue weighted by Gasteiger charge is -2.25. The van der Waals surface area contributed by atoms with Gasteiger partial charge in [0.15, 0.2) is 0 Å². The van der Waals surface area contributed by atoms with Gasteiger partial charge in [0.1, 0.15) is 0 Å². The Balaban J connectivity index is 2.03. The van der Waals surface area contributed by atoms with E-state index in [-0.39, 0.29) is 18.2 Å². The van der Waals surface area contributed by atoms with E-state index in [4.69, 9.17) is 0 Å². The van der Waals surface area contributed by atoms with Crippen molar-refractivity contribution in [3.63, 3.8) is 0 Å². The third kappa shape index (κ3) is 4.08. The average Bonchev–Trinajstić information content (AvgIpc) is 2.48. The lowest BCUT2D eigenvalue weighted by Crippen LogP contribution is -2.38. The van der Waals surface area contributed by atoms with E-state index in [1.54, 1.807) is 0 Å². The zero-order valence-electron chi connectivity index (χ0n) is 11.5. The van der Waals surface area contributed by atoms with Gasteiger partial charge >= 0.3 is 0 Å². The molecule has 0 aliphatic heterocycles. The minimum Gasteiger partial charge on any atom is -0.550 e. The number of carboxylic acid groups (broad SMARTS) is 1. The first kappa shape index (κ1) is 14.6. The van der Waals surface area contributed by atoms with E-state index in [9.17, 15) is 14.7 Å². The van der Waals surface area contributed by atoms with E-state index < -0.39 is 12.0 Å². The Morgan fingerprint density at radius 1 is 1.15 bits per heavy atom. The summed E-state index contributed by atoms with van der Waals surface area (Å²) in [7, 11) is 0. The van der Waals surface area contributed by atoms with Gasteiger partial charge in [-0.05, 0) is 18.4 Å². The van der Waals surface area contributed by atoms with Crippen molar-refractivity contribution in [1.29, 1.82) is 0 Å². The molecule has 20 heavy (non-hydrogen) atoms. The van der Waals surface area contributed by atoms with Crippen LogP contribution < -0.4 is 10.4 Å². The number of carbonyl (C=O) groups is 2. The SMILES string of the molecule is O=C([O-])C[C@H](NC(=O)C1CCCCC1)c1ccccc1. The average molecular weight is 274 g/mol. The lowest BCUT2D eigenvalue weighted by atomic mass is 9.88. The van der Waals surface area contributed by atoms with Crippen molar-refractivity contribution < 1.29 is 14.7 Å². The summed E-state index contributed by atoms with van der Waals surface area (Å²) in [5.41, 5.74) is 0.806. The minimum atomic E-state index is -1.15. The highest BCUT2D eigenvalue weighted by molar-refractivity contribution is 5.80. The van der Waals surface area contributed by atoms with Crippen molar-refractivity contribution in [3.05, 3.63) is 35.9 Å². The number of rotatable bonds is 5. The Bertz CT molecular complexity index is 452. The van der Waals surface area contributed by atoms with Gasteiger partial charge in [0.25, 0.3) is 0 Å². The smallest absolute Gasteiger partial charge is 0.223 e. The molecule has 1 N–H and O–H groups in total. The summed E-state index contributed by atoms with van der Waals surface area (Å²) in [5, 5.41) is 13.8. The summed E-state index contributed by atoms with van der Waals surface area (Å²) in [5.74, 6) is -1.15. The Labute approximate surface area is 119 Å². The Morgan fingerprint density at radius 3 is 2.40 bits per heavy atom. The van der Waals surface area contributed by atoms with Gasteiger partial charge in [0, 0.05) is 18.3 Å². The topological polar surface area (TPSA) is 69.2 Å². The highest BCUT2D eigenvalue weighted by atomic mass is 16.4. The third-order valence-electron chi connectivity index (χ3n) is 3.87. The first-order valence-electron chi connectivity index (χ1n) is 7.22. The van der Waals surface area contributed by atoms with Crippen LogP contribution in [-0.2, 0) is 9.59 Å². The van der Waals surface area contributed by atoms with Crippen LogP contribution in [0.5, 0.6) is 0 Å². The molecule has 0 radical (unpaired) electrons. The zero-order valence-corrected chi connectivity index (χ0v) is 11.5. The molecule has 2 rings (SSSR count). The highest BCUT2D eigenvalue weighted by Gasteiger charge is 2.24. The van der Waals surface area contributed by atoms with Crippen molar-refractivity contribution in [1.82, 2.24) is 5.32 Å². The van der Waals surface area contributed by atoms with Crippen molar-refractivity contribution in [2.75, 3.05) is 0 Å². The zero-order chi connectivity index (χ0) is 14.4. The third-order valence-corrected chi connectivity index (χ3v) is 3.87. The Morgan fingerprint density at radius 2 is 1.80 bits per heavy atom. The number of amides is 1. The molecule has 1 fully saturated rings. The molecule has 108 valence electrons. The predicted molar refractivity (Wildman–Crippen MR) is 73.5 cm³/mol. The number of hydrogen-bond donors (Lipinski definition) is 1. The van der Waals surface area contributed by atoms with Crippen LogP contribution >= 0.6 is 0 Å². The number of carboxylic acids is 1. The van der Waals surface area contributed by atoms with Crippen molar-refractivity contribution in [2.45, 2.75) is 44.6 Å². The second-order valence-corrected chi connectivity index (χ2v) is 5.38. The number of benzene rings is 1. The van der Waals surface area contributed by atoms with Gasteiger partial charge in [-0.1, -0.05) is 49.6 Å². The van der Waals surface area contributed by atoms with Gasteiger partial charge in [-0.15, -0.1) is 0 Å². The van der Waals surface area contributed by atoms with E-state index in [1.165, 1.54) is 6.42 Å². The van der Waals surface area contributed by atoms with Gasteiger partial charge in [-0.25, -0.2) is 0 Å². The quantitative estimate of drug-likeness (QED) is 0.886. The number of hydrogen-bond acceptors (Lipinski definition) is 3. The van der Waals surface area contributed by atoms with Crippen LogP contribution in [0, 0.1) is 5.92 Å². The molecule has 4 heteroatoms. The van der Waals surface area contributed by atoms with Crippen LogP contribution in [0.4, 0.5) is 0 Å². The molecule has 0 bridgehead atoms. The fourth-order valence-corrected chi connectivity index (χ4v) is 2.76. The molecule has 1 aliphatic rings. The van der Waals surface area contributed by atoms with Gasteiger partial charge in [-0.3, -0.25) is 4.79 Å². The van der Waals surface area contributed by atoms with E-state index in [0.717, 1.165) is 31.2 Å². The molecule has 1 atom stereocenters. The summed E-state index contributed by atoms with van der Waals surface area (Å²) in [6, 6.07) is 8.69. The standard InChI is InChI=1S/C16H21NO3/c18-15(19)11-14(12-7-3-1-4-8-12)17-16(20)13-9-5-2-6-10-13/h1,3-4,7-8,13-14H,2,5-6,9-11H2,(H,17,20)(H,18,19)/p-1/t14-/m0/s1. The van der Waals surface area contributed by atoms with Crippen LogP contribution in [0.25, 0.3) is 0 Å². The molecule has 1 amide bonds. The van der Waals surface area contributed by atoms with Gasteiger partial charge in [0.2, 0.25) is 5.91 Å². The van der Waals surface area contributed by atoms with Crippen LogP contribution in [0.3, 0.4) is 0 Å². The second-order valence-electron chi connectivity index (χ2n) is 5.38. The van der Waals surface area contributed by atoms with Gasteiger partial charge in [0.05, 0.1) is 6.04 Å². The van der Waals surface area contributed by atoms with Gasteiger partial charge in [-0.2, -0.15) is 0 Å². The summed E-state index contributed by atoms with van der Waals surface area (Å²) >= 11 is 0. The molecule has 0 aromatic heterocycles. The molecule has 0 unspecified atom stereocenters. The fourth-order valence-electron chi connectivity index (χ4n) is 2.76. The first-order valence-corrected chi connectivity index (χ1v) is 7.22. The number of aliphatic carboxylic acids is 1. The summed E-state index contributed by atoms with van der Waals surface area (Å²) in [4.78, 5) is 23.1. The molecule has 0 saturated heterocycles. The summed E-state index contributed by atoms with van der Waals surface area (Å²) in [6.45, 7) is 0. The maximum atomic E-state index is 12.2. The van der Waals surface area contributed by atoms with Crippen molar-refractivity contribution in [2.24, 2.45) is 5.92 Å². The molecule has 1 saturated carbocycles. The molecule has 1 aromatic rings. The van der Waals surface area contributed by atoms with Crippen LogP contribution in [-0.4, -0.2) is 11.9 Å². The highest BCUT2D eigenvalue weighted by Crippen LogP contribution is 2.25. The minimum absolute atomic E-state index is 0.0247. The molecule has 1 aromatic carbocycles. The van der Waals surface area contributed by atoms with Crippen LogP contribution in [0.1, 0.15) is 50.1 Å². The van der Waals surface area contributed by atoms with E-state index in [2.05, 4.69) is 5.32 Å². The van der Waals surface area contributed by atoms with E-state index in [0.29, 0.717) is 0 Å². The lowest BCUT2D eigenvalue weighted by molar-refractivity contribution is -0.306. The maximum Gasteiger partial charge on any atom is 0.223 e. The van der Waals surface area contributed by atoms with E-state index in [1.807, 2.05) is 30.3 Å². The normalized spacial score (nSPS) is 17.4. The van der Waals surface area contributed by atoms with Crippen LogP contribution in [0.2, 0.25) is 0 Å². The molecule has 0 heterocycles.